The second kappa shape index (κ2) is 31.2. The van der Waals surface area contributed by atoms with Crippen LogP contribution < -0.4 is 59.7 Å². The Morgan fingerprint density at radius 3 is 1.72 bits per heavy atom. The van der Waals surface area contributed by atoms with Gasteiger partial charge in [0.2, 0.25) is 53.2 Å². The first-order chi connectivity index (χ1) is 35.2. The van der Waals surface area contributed by atoms with Crippen LogP contribution in [0.5, 0.6) is 5.75 Å². The molecule has 1 aliphatic rings. The summed E-state index contributed by atoms with van der Waals surface area (Å²) in [6.07, 6.45) is -2.16. The molecule has 75 heavy (non-hydrogen) atoms. The second-order valence-corrected chi connectivity index (χ2v) is 18.3. The Labute approximate surface area is 432 Å². The zero-order valence-electron chi connectivity index (χ0n) is 42.5. The van der Waals surface area contributed by atoms with E-state index < -0.39 is 145 Å². The zero-order chi connectivity index (χ0) is 56.7. The first-order valence-electron chi connectivity index (χ1n) is 24.2. The van der Waals surface area contributed by atoms with Crippen molar-refractivity contribution in [3.8, 4) is 5.75 Å². The molecule has 1 aliphatic heterocycles. The van der Waals surface area contributed by atoms with Gasteiger partial charge in [-0.25, -0.2) is 4.79 Å². The SMILES string of the molecule is CC(C)C[C@H](NC(=O)[C@H](C)NC(=O)[C@H](CCCN=C(N)N)NC(=O)[C@@H]1CCCN1C(=O)CN)C(=O)N[C@@H](C)C(=O)N[C@@H](CCC(=O)O)C(=O)N[C@H](C(=O)N[C@@H](CO)C(=O)N[C@@H](Cc1ccc(O)cc1)C(=O)O)[C@@H](C)O. The van der Waals surface area contributed by atoms with E-state index in [1.165, 1.54) is 43.0 Å². The lowest BCUT2D eigenvalue weighted by atomic mass is 10.0. The minimum atomic E-state index is -1.91. The molecule has 0 bridgehead atoms. The van der Waals surface area contributed by atoms with Crippen LogP contribution in [0.4, 0.5) is 0 Å². The van der Waals surface area contributed by atoms with E-state index in [-0.39, 0.29) is 56.4 Å². The van der Waals surface area contributed by atoms with Crippen molar-refractivity contribution in [3.63, 3.8) is 0 Å². The first kappa shape index (κ1) is 63.5. The highest BCUT2D eigenvalue weighted by Gasteiger charge is 2.37. The van der Waals surface area contributed by atoms with Gasteiger partial charge in [0.25, 0.3) is 0 Å². The Bertz CT molecular complexity index is 2210. The molecular formula is C46H73N13O16. The zero-order valence-corrected chi connectivity index (χ0v) is 42.5. The lowest BCUT2D eigenvalue weighted by molar-refractivity contribution is -0.143. The molecule has 0 unspecified atom stereocenters. The Kier molecular flexibility index (Phi) is 26.4. The highest BCUT2D eigenvalue weighted by Crippen LogP contribution is 2.18. The quantitative estimate of drug-likeness (QED) is 0.0187. The number of nitrogens with zero attached hydrogens (tertiary/aromatic N) is 2. The number of likely N-dealkylation sites (tertiary alicyclic amines) is 1. The molecule has 0 radical (unpaired) electrons. The number of carboxylic acids is 2. The smallest absolute Gasteiger partial charge is 0.326 e. The molecule has 418 valence electrons. The van der Waals surface area contributed by atoms with E-state index >= 15 is 0 Å². The van der Waals surface area contributed by atoms with Gasteiger partial charge in [0, 0.05) is 25.9 Å². The summed E-state index contributed by atoms with van der Waals surface area (Å²) in [7, 11) is 0. The standard InChI is InChI=1S/C46H73N13O16/c1-22(2)18-30(55-38(67)24(4)51-39(68)28(8-6-16-50-46(48)49)54-43(72)33-9-7-17-59(33)34(63)20-47)41(70)52-23(3)37(66)53-29(14-15-35(64)65)40(69)58-36(25(5)61)44(73)57-32(21-60)42(71)56-31(45(74)75)19-26-10-12-27(62)13-11-26/h10-13,22-25,28-33,36,60-62H,6-9,14-21,47H2,1-5H3,(H,51,68)(H,52,70)(H,53,66)(H,54,72)(H,55,67)(H,56,71)(H,57,73)(H,58,69)(H,64,65)(H,74,75)(H4,48,49,50)/t23-,24-,25+,28-,29-,30-,31-,32-,33-,36-/m0/s1. The monoisotopic (exact) mass is 1060 g/mol. The predicted molar refractivity (Wildman–Crippen MR) is 265 cm³/mol. The van der Waals surface area contributed by atoms with Crippen molar-refractivity contribution in [2.75, 3.05) is 26.2 Å². The Balaban J connectivity index is 2.18. The van der Waals surface area contributed by atoms with Crippen molar-refractivity contribution in [2.24, 2.45) is 28.1 Å². The van der Waals surface area contributed by atoms with E-state index in [1.807, 2.05) is 0 Å². The molecule has 2 rings (SSSR count). The second-order valence-electron chi connectivity index (χ2n) is 18.3. The predicted octanol–water partition coefficient (Wildman–Crippen LogP) is -5.78. The molecular weight excluding hydrogens is 991 g/mol. The number of rotatable bonds is 31. The molecule has 0 saturated carbocycles. The third kappa shape index (κ3) is 21.8. The highest BCUT2D eigenvalue weighted by atomic mass is 16.4. The fourth-order valence-electron chi connectivity index (χ4n) is 7.54. The van der Waals surface area contributed by atoms with Crippen molar-refractivity contribution in [2.45, 2.75) is 146 Å². The topological polar surface area (TPSA) is 479 Å². The van der Waals surface area contributed by atoms with Crippen molar-refractivity contribution in [3.05, 3.63) is 29.8 Å². The first-order valence-corrected chi connectivity index (χ1v) is 24.2. The molecule has 1 saturated heterocycles. The summed E-state index contributed by atoms with van der Waals surface area (Å²) in [4.78, 5) is 149. The maximum absolute atomic E-state index is 13.7. The number of carboxylic acid groups (broad SMARTS) is 2. The minimum absolute atomic E-state index is 0.0145. The number of aliphatic imine (C=N–C) groups is 1. The van der Waals surface area contributed by atoms with Gasteiger partial charge < -0.3 is 90.2 Å². The molecule has 9 amide bonds. The average Bonchev–Trinajstić information content (AvgIpc) is 3.84. The molecule has 0 aliphatic carbocycles. The van der Waals surface area contributed by atoms with Crippen LogP contribution in [0.25, 0.3) is 0 Å². The number of phenols is 1. The Hall–Kier alpha value is -7.66. The summed E-state index contributed by atoms with van der Waals surface area (Å²) in [5, 5.41) is 68.0. The Morgan fingerprint density at radius 2 is 1.20 bits per heavy atom. The number of aliphatic hydroxyl groups is 2. The molecule has 19 N–H and O–H groups in total. The molecule has 1 fully saturated rings. The summed E-state index contributed by atoms with van der Waals surface area (Å²) in [5.74, 6) is -11.6. The summed E-state index contributed by atoms with van der Waals surface area (Å²) >= 11 is 0. The molecule has 29 nitrogen and oxygen atoms in total. The number of phenolic OH excluding ortho intramolecular Hbond substituents is 1. The molecule has 0 aromatic heterocycles. The van der Waals surface area contributed by atoms with Gasteiger partial charge >= 0.3 is 11.9 Å². The number of aliphatic carboxylic acids is 2. The number of nitrogens with one attached hydrogen (secondary N) is 8. The number of nitrogens with two attached hydrogens (primary N) is 3. The molecule has 1 aromatic rings. The average molecular weight is 1060 g/mol. The Morgan fingerprint density at radius 1 is 0.680 bits per heavy atom. The number of amides is 9. The van der Waals surface area contributed by atoms with Crippen molar-refractivity contribution < 1.29 is 78.3 Å². The normalized spacial score (nSPS) is 16.7. The molecule has 10 atom stereocenters. The van der Waals surface area contributed by atoms with Crippen LogP contribution in [0.1, 0.15) is 85.1 Å². The van der Waals surface area contributed by atoms with Crippen LogP contribution in [-0.2, 0) is 59.2 Å². The van der Waals surface area contributed by atoms with Gasteiger partial charge in [-0.1, -0.05) is 26.0 Å². The number of benzene rings is 1. The fourth-order valence-corrected chi connectivity index (χ4v) is 7.54. The van der Waals surface area contributed by atoms with Gasteiger partial charge in [0.1, 0.15) is 60.1 Å². The number of carbonyl (C=O) groups is 11. The van der Waals surface area contributed by atoms with E-state index in [2.05, 4.69) is 47.5 Å². The molecule has 29 heteroatoms. The van der Waals surface area contributed by atoms with Crippen LogP contribution in [0, 0.1) is 5.92 Å². The van der Waals surface area contributed by atoms with Crippen LogP contribution in [-0.4, -0.2) is 188 Å². The number of hydrogen-bond donors (Lipinski definition) is 16. The number of carbonyl (C=O) groups excluding carboxylic acids is 9. The maximum atomic E-state index is 13.7. The van der Waals surface area contributed by atoms with Crippen molar-refractivity contribution >= 4 is 71.1 Å². The lowest BCUT2D eigenvalue weighted by Crippen LogP contribution is -2.62. The van der Waals surface area contributed by atoms with Crippen LogP contribution >= 0.6 is 0 Å². The van der Waals surface area contributed by atoms with Gasteiger partial charge in [-0.05, 0) is 82.9 Å². The van der Waals surface area contributed by atoms with Gasteiger partial charge in [-0.15, -0.1) is 0 Å². The van der Waals surface area contributed by atoms with Crippen LogP contribution in [0.2, 0.25) is 0 Å². The highest BCUT2D eigenvalue weighted by molar-refractivity contribution is 5.98. The summed E-state index contributed by atoms with van der Waals surface area (Å²) in [6, 6.07) is -7.79. The third-order valence-electron chi connectivity index (χ3n) is 11.6. The van der Waals surface area contributed by atoms with Crippen molar-refractivity contribution in [1.29, 1.82) is 0 Å². The van der Waals surface area contributed by atoms with Crippen LogP contribution in [0.15, 0.2) is 29.3 Å². The number of aromatic hydroxyl groups is 1. The number of aliphatic hydroxyl groups excluding tert-OH is 2. The van der Waals surface area contributed by atoms with Gasteiger partial charge in [-0.2, -0.15) is 0 Å². The van der Waals surface area contributed by atoms with E-state index in [9.17, 15) is 78.3 Å². The number of guanidine groups is 1. The fraction of sp³-hybridized carbons (Fsp3) is 0.609. The third-order valence-corrected chi connectivity index (χ3v) is 11.6. The molecule has 1 aromatic carbocycles. The van der Waals surface area contributed by atoms with E-state index in [0.717, 1.165) is 6.92 Å². The number of hydrogen-bond acceptors (Lipinski definition) is 16. The minimum Gasteiger partial charge on any atom is -0.508 e. The maximum Gasteiger partial charge on any atom is 0.326 e. The summed E-state index contributed by atoms with van der Waals surface area (Å²) < 4.78 is 0. The van der Waals surface area contributed by atoms with Crippen LogP contribution in [0.3, 0.4) is 0 Å². The lowest BCUT2D eigenvalue weighted by Gasteiger charge is -2.28. The molecule has 0 spiro atoms. The van der Waals surface area contributed by atoms with Gasteiger partial charge in [0.15, 0.2) is 5.96 Å². The van der Waals surface area contributed by atoms with Gasteiger partial charge in [-0.3, -0.25) is 52.9 Å². The summed E-state index contributed by atoms with van der Waals surface area (Å²) in [5.41, 5.74) is 16.7. The largest absolute Gasteiger partial charge is 0.508 e. The molecule has 1 heterocycles. The van der Waals surface area contributed by atoms with E-state index in [0.29, 0.717) is 24.9 Å². The van der Waals surface area contributed by atoms with Gasteiger partial charge in [0.05, 0.1) is 19.3 Å². The summed E-state index contributed by atoms with van der Waals surface area (Å²) in [6.45, 7) is 6.06. The van der Waals surface area contributed by atoms with E-state index in [4.69, 9.17) is 17.2 Å². The van der Waals surface area contributed by atoms with E-state index in [1.54, 1.807) is 13.8 Å². The van der Waals surface area contributed by atoms with Crippen molar-refractivity contribution in [1.82, 2.24) is 47.4 Å².